The minimum atomic E-state index is -0.824. The van der Waals surface area contributed by atoms with Gasteiger partial charge in [-0.05, 0) is 57.7 Å². The normalized spacial score (nSPS) is 13.1. The summed E-state index contributed by atoms with van der Waals surface area (Å²) in [6.45, 7) is 10.0. The second kappa shape index (κ2) is 11.3. The van der Waals surface area contributed by atoms with Crippen LogP contribution in [0.5, 0.6) is 5.75 Å². The molecule has 0 heterocycles. The van der Waals surface area contributed by atoms with Crippen LogP contribution in [0.2, 0.25) is 0 Å². The van der Waals surface area contributed by atoms with Crippen LogP contribution in [0.3, 0.4) is 0 Å². The molecule has 0 aliphatic rings. The van der Waals surface area contributed by atoms with Crippen LogP contribution in [0.1, 0.15) is 78.4 Å². The topological polar surface area (TPSA) is 88.0 Å². The van der Waals surface area contributed by atoms with Crippen LogP contribution in [-0.4, -0.2) is 40.7 Å². The lowest BCUT2D eigenvalue weighted by molar-refractivity contribution is -0.0202. The molecule has 160 valence electrons. The molecule has 28 heavy (non-hydrogen) atoms. The van der Waals surface area contributed by atoms with Crippen molar-refractivity contribution in [3.63, 3.8) is 0 Å². The highest BCUT2D eigenvalue weighted by Gasteiger charge is 2.26. The van der Waals surface area contributed by atoms with Crippen molar-refractivity contribution in [1.29, 1.82) is 0 Å². The van der Waals surface area contributed by atoms with E-state index in [4.69, 9.17) is 9.47 Å². The zero-order chi connectivity index (χ0) is 21.2. The van der Waals surface area contributed by atoms with Gasteiger partial charge in [-0.15, -0.1) is 0 Å². The third kappa shape index (κ3) is 9.42. The van der Waals surface area contributed by atoms with Crippen LogP contribution in [0.4, 0.5) is 4.79 Å². The van der Waals surface area contributed by atoms with Gasteiger partial charge in [0.05, 0.1) is 11.7 Å². The number of benzene rings is 1. The summed E-state index contributed by atoms with van der Waals surface area (Å²) in [6.07, 6.45) is 2.30. The van der Waals surface area contributed by atoms with Gasteiger partial charge in [-0.1, -0.05) is 38.8 Å². The lowest BCUT2D eigenvalue weighted by Crippen LogP contribution is -2.35. The van der Waals surface area contributed by atoms with Gasteiger partial charge in [0, 0.05) is 6.54 Å². The highest BCUT2D eigenvalue weighted by Crippen LogP contribution is 2.25. The third-order valence-corrected chi connectivity index (χ3v) is 4.27. The summed E-state index contributed by atoms with van der Waals surface area (Å²) in [5.41, 5.74) is -0.667. The van der Waals surface area contributed by atoms with Gasteiger partial charge < -0.3 is 25.0 Å². The molecular weight excluding hydrogens is 358 g/mol. The summed E-state index contributed by atoms with van der Waals surface area (Å²) in [4.78, 5) is 11.7. The average Bonchev–Trinajstić information content (AvgIpc) is 2.59. The monoisotopic (exact) mass is 395 g/mol. The van der Waals surface area contributed by atoms with E-state index in [0.717, 1.165) is 12.8 Å². The summed E-state index contributed by atoms with van der Waals surface area (Å²) in [5.74, 6) is 0.613. The Labute approximate surface area is 169 Å². The maximum atomic E-state index is 11.7. The largest absolute Gasteiger partial charge is 0.491 e. The fourth-order valence-corrected chi connectivity index (χ4v) is 3.02. The number of hydrogen-bond acceptors (Lipinski definition) is 5. The lowest BCUT2D eigenvalue weighted by atomic mass is 9.94. The summed E-state index contributed by atoms with van der Waals surface area (Å²) >= 11 is 0. The van der Waals surface area contributed by atoms with Gasteiger partial charge in [-0.25, -0.2) is 4.79 Å². The molecule has 0 spiro atoms. The van der Waals surface area contributed by atoms with E-state index < -0.39 is 23.4 Å². The summed E-state index contributed by atoms with van der Waals surface area (Å²) < 4.78 is 11.0. The molecule has 1 atom stereocenters. The third-order valence-electron chi connectivity index (χ3n) is 4.27. The maximum Gasteiger partial charge on any atom is 0.407 e. The fraction of sp³-hybridized carbons (Fsp3) is 0.682. The van der Waals surface area contributed by atoms with Gasteiger partial charge in [-0.2, -0.15) is 0 Å². The van der Waals surface area contributed by atoms with Crippen LogP contribution in [0.15, 0.2) is 24.3 Å². The second-order valence-corrected chi connectivity index (χ2v) is 8.32. The number of rotatable bonds is 11. The number of amides is 1. The van der Waals surface area contributed by atoms with E-state index in [1.54, 1.807) is 26.8 Å². The van der Waals surface area contributed by atoms with Gasteiger partial charge >= 0.3 is 6.09 Å². The van der Waals surface area contributed by atoms with Crippen molar-refractivity contribution >= 4 is 6.09 Å². The van der Waals surface area contributed by atoms with Crippen molar-refractivity contribution in [2.24, 2.45) is 0 Å². The standard InChI is InChI=1S/C22H37NO5/c1-6-12-22(26,13-7-2)16-27-18-10-8-9-17(15-18)19(24)11-14-23-20(25)28-21(3,4)5/h8-10,15,19,24,26H,6-7,11-14,16H2,1-5H3,(H,23,25). The molecule has 0 aliphatic carbocycles. The molecule has 1 unspecified atom stereocenters. The molecule has 1 rings (SSSR count). The quantitative estimate of drug-likeness (QED) is 0.519. The Balaban J connectivity index is 2.56. The molecule has 0 bridgehead atoms. The number of alkyl carbamates (subject to hydrolysis) is 1. The Bertz CT molecular complexity index is 591. The van der Waals surface area contributed by atoms with Crippen molar-refractivity contribution in [2.45, 2.75) is 84.0 Å². The second-order valence-electron chi connectivity index (χ2n) is 8.32. The molecule has 6 heteroatoms. The molecule has 0 fully saturated rings. The summed E-state index contributed by atoms with van der Waals surface area (Å²) in [6, 6.07) is 7.22. The molecular formula is C22H37NO5. The van der Waals surface area contributed by atoms with Gasteiger partial charge in [0.1, 0.15) is 18.0 Å². The minimum Gasteiger partial charge on any atom is -0.491 e. The van der Waals surface area contributed by atoms with Crippen LogP contribution < -0.4 is 10.1 Å². The SMILES string of the molecule is CCCC(O)(CCC)COc1cccc(C(O)CCNC(=O)OC(C)(C)C)c1. The Hall–Kier alpha value is -1.79. The number of aliphatic hydroxyl groups excluding tert-OH is 1. The van der Waals surface area contributed by atoms with E-state index in [1.165, 1.54) is 0 Å². The first-order valence-corrected chi connectivity index (χ1v) is 10.2. The van der Waals surface area contributed by atoms with E-state index in [9.17, 15) is 15.0 Å². The first-order chi connectivity index (χ1) is 13.1. The Morgan fingerprint density at radius 1 is 1.18 bits per heavy atom. The number of carbonyl (C=O) groups excluding carboxylic acids is 1. The zero-order valence-corrected chi connectivity index (χ0v) is 18.0. The highest BCUT2D eigenvalue weighted by molar-refractivity contribution is 5.67. The molecule has 0 saturated heterocycles. The van der Waals surface area contributed by atoms with Gasteiger partial charge in [0.15, 0.2) is 0 Å². The van der Waals surface area contributed by atoms with E-state index in [0.29, 0.717) is 37.1 Å². The first kappa shape index (κ1) is 24.2. The Kier molecular flexibility index (Phi) is 9.76. The van der Waals surface area contributed by atoms with Crippen molar-refractivity contribution in [1.82, 2.24) is 5.32 Å². The van der Waals surface area contributed by atoms with E-state index >= 15 is 0 Å². The minimum absolute atomic E-state index is 0.231. The summed E-state index contributed by atoms with van der Waals surface area (Å²) in [5, 5.41) is 23.7. The maximum absolute atomic E-state index is 11.7. The molecule has 1 aromatic rings. The molecule has 1 amide bonds. The van der Waals surface area contributed by atoms with Gasteiger partial charge in [0.25, 0.3) is 0 Å². The highest BCUT2D eigenvalue weighted by atomic mass is 16.6. The lowest BCUT2D eigenvalue weighted by Gasteiger charge is -2.27. The molecule has 0 aromatic heterocycles. The number of aliphatic hydroxyl groups is 2. The molecule has 0 saturated carbocycles. The zero-order valence-electron chi connectivity index (χ0n) is 18.0. The van der Waals surface area contributed by atoms with Crippen molar-refractivity contribution < 1.29 is 24.5 Å². The number of ether oxygens (including phenoxy) is 2. The molecule has 3 N–H and O–H groups in total. The number of hydrogen-bond donors (Lipinski definition) is 3. The van der Waals surface area contributed by atoms with Gasteiger partial charge in [0.2, 0.25) is 0 Å². The number of carbonyl (C=O) groups is 1. The van der Waals surface area contributed by atoms with Crippen LogP contribution >= 0.6 is 0 Å². The van der Waals surface area contributed by atoms with Gasteiger partial charge in [-0.3, -0.25) is 0 Å². The smallest absolute Gasteiger partial charge is 0.407 e. The predicted octanol–water partition coefficient (Wildman–Crippen LogP) is 4.34. The predicted molar refractivity (Wildman–Crippen MR) is 111 cm³/mol. The molecule has 1 aromatic carbocycles. The van der Waals surface area contributed by atoms with Crippen molar-refractivity contribution in [3.05, 3.63) is 29.8 Å². The first-order valence-electron chi connectivity index (χ1n) is 10.2. The van der Waals surface area contributed by atoms with Crippen LogP contribution in [0, 0.1) is 0 Å². The summed E-state index contributed by atoms with van der Waals surface area (Å²) in [7, 11) is 0. The van der Waals surface area contributed by atoms with Crippen molar-refractivity contribution in [3.8, 4) is 5.75 Å². The van der Waals surface area contributed by atoms with Crippen LogP contribution in [0.25, 0.3) is 0 Å². The van der Waals surface area contributed by atoms with Crippen LogP contribution in [-0.2, 0) is 4.74 Å². The average molecular weight is 396 g/mol. The Morgan fingerprint density at radius 3 is 2.39 bits per heavy atom. The Morgan fingerprint density at radius 2 is 1.82 bits per heavy atom. The van der Waals surface area contributed by atoms with Crippen molar-refractivity contribution in [2.75, 3.05) is 13.2 Å². The molecule has 0 aliphatic heterocycles. The molecule has 6 nitrogen and oxygen atoms in total. The number of nitrogens with one attached hydrogen (secondary N) is 1. The van der Waals surface area contributed by atoms with E-state index in [1.807, 2.05) is 32.0 Å². The van der Waals surface area contributed by atoms with E-state index in [-0.39, 0.29) is 6.61 Å². The molecule has 0 radical (unpaired) electrons. The van der Waals surface area contributed by atoms with E-state index in [2.05, 4.69) is 5.32 Å². The fourth-order valence-electron chi connectivity index (χ4n) is 3.02.